The highest BCUT2D eigenvalue weighted by atomic mass is 35.5. The molecule has 0 aromatic carbocycles. The van der Waals surface area contributed by atoms with Crippen LogP contribution in [-0.4, -0.2) is 11.2 Å². The predicted octanol–water partition coefficient (Wildman–Crippen LogP) is 7.89. The molecule has 0 spiro atoms. The molecule has 4 fully saturated rings. The number of hydrogen-bond acceptors (Lipinski definition) is 1. The van der Waals surface area contributed by atoms with E-state index in [9.17, 15) is 4.79 Å². The molecule has 0 saturated heterocycles. The zero-order valence-electron chi connectivity index (χ0n) is 19.7. The molecule has 0 bridgehead atoms. The average molecular weight is 421 g/mol. The highest BCUT2D eigenvalue weighted by molar-refractivity contribution is 6.20. The average Bonchev–Trinajstić information content (AvgIpc) is 3.00. The summed E-state index contributed by atoms with van der Waals surface area (Å²) in [5, 5.41) is 0.227. The Bertz CT molecular complexity index is 614. The second-order valence-electron chi connectivity index (χ2n) is 12.5. The molecule has 0 aliphatic heterocycles. The van der Waals surface area contributed by atoms with Crippen LogP contribution in [0.2, 0.25) is 0 Å². The molecule has 2 heteroatoms. The van der Waals surface area contributed by atoms with Gasteiger partial charge in [0.25, 0.3) is 0 Å². The summed E-state index contributed by atoms with van der Waals surface area (Å²) in [6, 6.07) is 0. The maximum absolute atomic E-state index is 13.3. The fraction of sp³-hybridized carbons (Fsp3) is 0.963. The maximum Gasteiger partial charge on any atom is 0.136 e. The van der Waals surface area contributed by atoms with Crippen LogP contribution in [0.3, 0.4) is 0 Å². The van der Waals surface area contributed by atoms with E-state index in [1.54, 1.807) is 0 Å². The molecule has 0 aromatic rings. The molecule has 4 aliphatic rings. The Hall–Kier alpha value is -0.0400. The van der Waals surface area contributed by atoms with E-state index in [0.29, 0.717) is 17.1 Å². The molecule has 4 saturated carbocycles. The van der Waals surface area contributed by atoms with E-state index in [-0.39, 0.29) is 16.7 Å². The van der Waals surface area contributed by atoms with Gasteiger partial charge in [-0.3, -0.25) is 4.79 Å². The van der Waals surface area contributed by atoms with Gasteiger partial charge in [0.15, 0.2) is 0 Å². The summed E-state index contributed by atoms with van der Waals surface area (Å²) in [6.45, 7) is 12.3. The van der Waals surface area contributed by atoms with Gasteiger partial charge in [-0.2, -0.15) is 0 Å². The first-order valence-corrected chi connectivity index (χ1v) is 13.3. The summed E-state index contributed by atoms with van der Waals surface area (Å²) < 4.78 is 0. The predicted molar refractivity (Wildman–Crippen MR) is 123 cm³/mol. The lowest BCUT2D eigenvalue weighted by molar-refractivity contribution is -0.154. The molecular weight excluding hydrogens is 376 g/mol. The Morgan fingerprint density at radius 1 is 0.966 bits per heavy atom. The van der Waals surface area contributed by atoms with Crippen LogP contribution in [0.5, 0.6) is 0 Å². The molecule has 0 unspecified atom stereocenters. The largest absolute Gasteiger partial charge is 0.299 e. The number of rotatable bonds is 5. The van der Waals surface area contributed by atoms with Gasteiger partial charge in [0, 0.05) is 17.7 Å². The quantitative estimate of drug-likeness (QED) is 0.413. The van der Waals surface area contributed by atoms with Gasteiger partial charge in [0.2, 0.25) is 0 Å². The summed E-state index contributed by atoms with van der Waals surface area (Å²) >= 11 is 6.51. The smallest absolute Gasteiger partial charge is 0.136 e. The molecular formula is C27H45ClO. The molecule has 0 N–H and O–H groups in total. The minimum atomic E-state index is 0.227. The summed E-state index contributed by atoms with van der Waals surface area (Å²) in [5.74, 6) is 5.57. The van der Waals surface area contributed by atoms with Crippen LogP contribution in [0.1, 0.15) is 105 Å². The summed E-state index contributed by atoms with van der Waals surface area (Å²) in [6.07, 6.45) is 13.8. The number of ketones is 1. The van der Waals surface area contributed by atoms with Crippen LogP contribution in [0.15, 0.2) is 0 Å². The number of alkyl halides is 1. The van der Waals surface area contributed by atoms with Gasteiger partial charge in [0.1, 0.15) is 5.78 Å². The van der Waals surface area contributed by atoms with Crippen LogP contribution in [0.4, 0.5) is 0 Å². The lowest BCUT2D eigenvalue weighted by Crippen LogP contribution is -2.56. The molecule has 0 radical (unpaired) electrons. The summed E-state index contributed by atoms with van der Waals surface area (Å²) in [4.78, 5) is 13.3. The Morgan fingerprint density at radius 3 is 2.38 bits per heavy atom. The highest BCUT2D eigenvalue weighted by Crippen LogP contribution is 2.68. The second kappa shape index (κ2) is 8.14. The van der Waals surface area contributed by atoms with E-state index in [4.69, 9.17) is 11.6 Å². The van der Waals surface area contributed by atoms with E-state index >= 15 is 0 Å². The molecule has 1 nitrogen and oxygen atoms in total. The van der Waals surface area contributed by atoms with Gasteiger partial charge in [0.05, 0.1) is 0 Å². The second-order valence-corrected chi connectivity index (χ2v) is 13.1. The maximum atomic E-state index is 13.3. The monoisotopic (exact) mass is 420 g/mol. The Balaban J connectivity index is 1.50. The van der Waals surface area contributed by atoms with Crippen molar-refractivity contribution >= 4 is 17.4 Å². The molecule has 29 heavy (non-hydrogen) atoms. The topological polar surface area (TPSA) is 17.1 Å². The normalized spacial score (nSPS) is 48.2. The summed E-state index contributed by atoms with van der Waals surface area (Å²) in [7, 11) is 0. The van der Waals surface area contributed by atoms with E-state index in [2.05, 4.69) is 34.6 Å². The van der Waals surface area contributed by atoms with Crippen molar-refractivity contribution in [2.75, 3.05) is 0 Å². The van der Waals surface area contributed by atoms with Crippen molar-refractivity contribution in [3.8, 4) is 0 Å². The highest BCUT2D eigenvalue weighted by Gasteiger charge is 2.62. The third-order valence-electron chi connectivity index (χ3n) is 10.6. The number of Topliss-reactive ketones (excluding diaryl/α,β-unsaturated/α-hetero) is 1. The van der Waals surface area contributed by atoms with E-state index in [0.717, 1.165) is 48.9 Å². The Kier molecular flexibility index (Phi) is 6.22. The van der Waals surface area contributed by atoms with Crippen LogP contribution in [0.25, 0.3) is 0 Å². The van der Waals surface area contributed by atoms with Crippen LogP contribution < -0.4 is 0 Å². The van der Waals surface area contributed by atoms with Gasteiger partial charge in [-0.05, 0) is 91.3 Å². The zero-order valence-corrected chi connectivity index (χ0v) is 20.4. The SMILES string of the molecule is CC(C)CCC[C@@H](C)[C@@H]1CC[C@@H]2[C@@H]3CC(=O)[C@H]4C[C@H](Cl)CC[C@]4(C)[C@@H]3CC[C@]21C. The van der Waals surface area contributed by atoms with Crippen LogP contribution in [-0.2, 0) is 4.79 Å². The van der Waals surface area contributed by atoms with E-state index in [1.807, 2.05) is 0 Å². The van der Waals surface area contributed by atoms with Crippen molar-refractivity contribution < 1.29 is 4.79 Å². The molecule has 4 rings (SSSR count). The van der Waals surface area contributed by atoms with Gasteiger partial charge in [-0.1, -0.05) is 53.9 Å². The van der Waals surface area contributed by atoms with E-state index < -0.39 is 0 Å². The summed E-state index contributed by atoms with van der Waals surface area (Å²) in [5.41, 5.74) is 0.708. The third kappa shape index (κ3) is 3.74. The van der Waals surface area contributed by atoms with Gasteiger partial charge in [-0.15, -0.1) is 11.6 Å². The number of halogens is 1. The zero-order chi connectivity index (χ0) is 21.0. The van der Waals surface area contributed by atoms with Crippen molar-refractivity contribution in [2.24, 2.45) is 52.3 Å². The van der Waals surface area contributed by atoms with Crippen molar-refractivity contribution in [3.05, 3.63) is 0 Å². The molecule has 9 atom stereocenters. The first-order valence-electron chi connectivity index (χ1n) is 12.8. The number of hydrogen-bond donors (Lipinski definition) is 0. The molecule has 166 valence electrons. The van der Waals surface area contributed by atoms with Gasteiger partial charge >= 0.3 is 0 Å². The third-order valence-corrected chi connectivity index (χ3v) is 11.0. The molecule has 0 heterocycles. The van der Waals surface area contributed by atoms with Crippen molar-refractivity contribution in [1.29, 1.82) is 0 Å². The number of carbonyl (C=O) groups is 1. The standard InChI is InChI=1S/C27H45ClO/c1-17(2)7-6-8-18(3)21-9-10-22-20-16-25(29)24-15-19(28)11-13-27(24,5)23(20)12-14-26(21,22)4/h17-24H,6-16H2,1-5H3/t18-,19-,20+,21+,22-,23-,24-,26+,27-/m1/s1. The van der Waals surface area contributed by atoms with Gasteiger partial charge < -0.3 is 0 Å². The fourth-order valence-corrected chi connectivity index (χ4v) is 9.31. The molecule has 0 amide bonds. The van der Waals surface area contributed by atoms with E-state index in [1.165, 1.54) is 51.4 Å². The Morgan fingerprint density at radius 2 is 1.66 bits per heavy atom. The number of fused-ring (bicyclic) bond motifs is 5. The van der Waals surface area contributed by atoms with Crippen molar-refractivity contribution in [3.63, 3.8) is 0 Å². The fourth-order valence-electron chi connectivity index (χ4n) is 9.02. The first-order chi connectivity index (χ1) is 13.7. The lowest BCUT2D eigenvalue weighted by atomic mass is 9.44. The Labute approximate surface area is 185 Å². The van der Waals surface area contributed by atoms with Gasteiger partial charge in [-0.25, -0.2) is 0 Å². The lowest BCUT2D eigenvalue weighted by Gasteiger charge is -2.60. The molecule has 4 aliphatic carbocycles. The first kappa shape index (κ1) is 22.2. The van der Waals surface area contributed by atoms with Crippen LogP contribution in [0, 0.1) is 52.3 Å². The minimum absolute atomic E-state index is 0.227. The van der Waals surface area contributed by atoms with Crippen LogP contribution >= 0.6 is 11.6 Å². The minimum Gasteiger partial charge on any atom is -0.299 e. The van der Waals surface area contributed by atoms with Crippen molar-refractivity contribution in [2.45, 2.75) is 111 Å². The molecule has 0 aromatic heterocycles. The van der Waals surface area contributed by atoms with Crippen molar-refractivity contribution in [1.82, 2.24) is 0 Å². The number of carbonyl (C=O) groups excluding carboxylic acids is 1.